The molecule has 0 spiro atoms. The molecule has 1 aliphatic heterocycles. The van der Waals surface area contributed by atoms with Crippen LogP contribution in [-0.4, -0.2) is 37.3 Å². The lowest BCUT2D eigenvalue weighted by atomic mass is 10.2. The zero-order valence-electron chi connectivity index (χ0n) is 12.3. The standard InChI is InChI=1S/C14H20N2O3S2/c1-9-8-13(10(2)20-9)21(18,19)16-7-3-4-12(16)14(17)15-11-5-6-11/h8,11-12H,3-7H2,1-2H3,(H,15,17). The van der Waals surface area contributed by atoms with Crippen LogP contribution in [0.2, 0.25) is 0 Å². The van der Waals surface area contributed by atoms with Crippen LogP contribution in [0.1, 0.15) is 35.4 Å². The van der Waals surface area contributed by atoms with Crippen molar-refractivity contribution in [1.82, 2.24) is 9.62 Å². The number of hydrogen-bond acceptors (Lipinski definition) is 4. The van der Waals surface area contributed by atoms with Crippen LogP contribution >= 0.6 is 11.3 Å². The fourth-order valence-corrected chi connectivity index (χ4v) is 5.99. The summed E-state index contributed by atoms with van der Waals surface area (Å²) in [4.78, 5) is 14.4. The Balaban J connectivity index is 1.86. The first-order chi connectivity index (χ1) is 9.89. The molecule has 7 heteroatoms. The first kappa shape index (κ1) is 15.0. The Morgan fingerprint density at radius 3 is 2.62 bits per heavy atom. The number of aryl methyl sites for hydroxylation is 2. The second kappa shape index (κ2) is 5.37. The summed E-state index contributed by atoms with van der Waals surface area (Å²) in [5.74, 6) is -0.136. The second-order valence-corrected chi connectivity index (χ2v) is 9.15. The van der Waals surface area contributed by atoms with Gasteiger partial charge in [0.15, 0.2) is 0 Å². The number of nitrogens with zero attached hydrogens (tertiary/aromatic N) is 1. The van der Waals surface area contributed by atoms with Gasteiger partial charge in [0.2, 0.25) is 15.9 Å². The molecule has 21 heavy (non-hydrogen) atoms. The first-order valence-electron chi connectivity index (χ1n) is 7.29. The molecule has 2 aliphatic rings. The zero-order valence-corrected chi connectivity index (χ0v) is 13.9. The van der Waals surface area contributed by atoms with Crippen LogP contribution in [0.5, 0.6) is 0 Å². The molecular formula is C14H20N2O3S2. The van der Waals surface area contributed by atoms with E-state index in [1.165, 1.54) is 15.6 Å². The van der Waals surface area contributed by atoms with E-state index in [1.807, 2.05) is 13.8 Å². The van der Waals surface area contributed by atoms with Crippen molar-refractivity contribution in [2.45, 2.75) is 56.5 Å². The molecule has 116 valence electrons. The van der Waals surface area contributed by atoms with E-state index in [-0.39, 0.29) is 11.9 Å². The molecule has 5 nitrogen and oxygen atoms in total. The van der Waals surface area contributed by atoms with E-state index in [4.69, 9.17) is 0 Å². The number of thiophene rings is 1. The van der Waals surface area contributed by atoms with Gasteiger partial charge in [-0.2, -0.15) is 4.31 Å². The third kappa shape index (κ3) is 2.86. The number of amides is 1. The quantitative estimate of drug-likeness (QED) is 0.916. The monoisotopic (exact) mass is 328 g/mol. The lowest BCUT2D eigenvalue weighted by molar-refractivity contribution is -0.124. The Bertz CT molecular complexity index is 662. The largest absolute Gasteiger partial charge is 0.352 e. The van der Waals surface area contributed by atoms with Crippen molar-refractivity contribution in [1.29, 1.82) is 0 Å². The molecule has 1 N–H and O–H groups in total. The van der Waals surface area contributed by atoms with E-state index in [1.54, 1.807) is 6.07 Å². The molecule has 0 radical (unpaired) electrons. The van der Waals surface area contributed by atoms with Gasteiger partial charge in [0.25, 0.3) is 0 Å². The average molecular weight is 328 g/mol. The van der Waals surface area contributed by atoms with Crippen molar-refractivity contribution in [2.24, 2.45) is 0 Å². The second-order valence-electron chi connectivity index (χ2n) is 5.83. The maximum atomic E-state index is 12.8. The summed E-state index contributed by atoms with van der Waals surface area (Å²) in [6.07, 6.45) is 3.37. The smallest absolute Gasteiger partial charge is 0.244 e. The molecule has 0 bridgehead atoms. The van der Waals surface area contributed by atoms with Gasteiger partial charge < -0.3 is 5.32 Å². The van der Waals surface area contributed by atoms with Crippen LogP contribution in [0.25, 0.3) is 0 Å². The lowest BCUT2D eigenvalue weighted by Crippen LogP contribution is -2.46. The average Bonchev–Trinajstić information content (AvgIpc) is 2.95. The summed E-state index contributed by atoms with van der Waals surface area (Å²) >= 11 is 1.48. The number of carbonyl (C=O) groups is 1. The predicted molar refractivity (Wildman–Crippen MR) is 81.9 cm³/mol. The van der Waals surface area contributed by atoms with Crippen LogP contribution < -0.4 is 5.32 Å². The van der Waals surface area contributed by atoms with Crippen LogP contribution in [0.3, 0.4) is 0 Å². The molecule has 2 heterocycles. The Labute approximate surface area is 129 Å². The van der Waals surface area contributed by atoms with Gasteiger partial charge in [-0.05, 0) is 45.6 Å². The minimum atomic E-state index is -3.58. The van der Waals surface area contributed by atoms with Crippen molar-refractivity contribution in [2.75, 3.05) is 6.54 Å². The van der Waals surface area contributed by atoms with Gasteiger partial charge in [-0.25, -0.2) is 8.42 Å². The molecular weight excluding hydrogens is 308 g/mol. The SMILES string of the molecule is Cc1cc(S(=O)(=O)N2CCCC2C(=O)NC2CC2)c(C)s1. The van der Waals surface area contributed by atoms with Gasteiger partial charge in [0, 0.05) is 22.3 Å². The van der Waals surface area contributed by atoms with Crippen molar-refractivity contribution >= 4 is 27.3 Å². The van der Waals surface area contributed by atoms with Crippen LogP contribution in [0, 0.1) is 13.8 Å². The van der Waals surface area contributed by atoms with Gasteiger partial charge in [-0.15, -0.1) is 11.3 Å². The van der Waals surface area contributed by atoms with Crippen molar-refractivity contribution in [3.8, 4) is 0 Å². The van der Waals surface area contributed by atoms with E-state index in [9.17, 15) is 13.2 Å². The number of nitrogens with one attached hydrogen (secondary N) is 1. The van der Waals surface area contributed by atoms with E-state index < -0.39 is 16.1 Å². The number of rotatable bonds is 4. The highest BCUT2D eigenvalue weighted by atomic mass is 32.2. The third-order valence-corrected chi connectivity index (χ3v) is 7.14. The molecule has 3 rings (SSSR count). The van der Waals surface area contributed by atoms with Crippen LogP contribution in [0.15, 0.2) is 11.0 Å². The van der Waals surface area contributed by atoms with E-state index >= 15 is 0 Å². The summed E-state index contributed by atoms with van der Waals surface area (Å²) in [5, 5.41) is 2.93. The van der Waals surface area contributed by atoms with Crippen molar-refractivity contribution in [3.63, 3.8) is 0 Å². The van der Waals surface area contributed by atoms with Gasteiger partial charge in [0.1, 0.15) is 6.04 Å². The topological polar surface area (TPSA) is 66.5 Å². The van der Waals surface area contributed by atoms with Gasteiger partial charge in [-0.1, -0.05) is 0 Å². The maximum absolute atomic E-state index is 12.8. The van der Waals surface area contributed by atoms with Crippen LogP contribution in [-0.2, 0) is 14.8 Å². The van der Waals surface area contributed by atoms with Gasteiger partial charge in [-0.3, -0.25) is 4.79 Å². The van der Waals surface area contributed by atoms with E-state index in [0.717, 1.165) is 29.0 Å². The normalized spacial score (nSPS) is 23.4. The highest BCUT2D eigenvalue weighted by Gasteiger charge is 2.41. The lowest BCUT2D eigenvalue weighted by Gasteiger charge is -2.23. The number of hydrogen-bond donors (Lipinski definition) is 1. The summed E-state index contributed by atoms with van der Waals surface area (Å²) in [7, 11) is -3.58. The Hall–Kier alpha value is -0.920. The fourth-order valence-electron chi connectivity index (χ4n) is 2.80. The molecule has 0 aromatic carbocycles. The number of carbonyl (C=O) groups excluding carboxylic acids is 1. The van der Waals surface area contributed by atoms with Crippen LogP contribution in [0.4, 0.5) is 0 Å². The Kier molecular flexibility index (Phi) is 3.83. The molecule has 2 fully saturated rings. The molecule has 1 atom stereocenters. The highest BCUT2D eigenvalue weighted by molar-refractivity contribution is 7.89. The van der Waals surface area contributed by atoms with Gasteiger partial charge in [0.05, 0.1) is 4.90 Å². The van der Waals surface area contributed by atoms with Gasteiger partial charge >= 0.3 is 0 Å². The highest BCUT2D eigenvalue weighted by Crippen LogP contribution is 2.32. The van der Waals surface area contributed by atoms with Crippen molar-refractivity contribution < 1.29 is 13.2 Å². The number of sulfonamides is 1. The maximum Gasteiger partial charge on any atom is 0.244 e. The molecule has 1 unspecified atom stereocenters. The molecule has 1 aromatic rings. The summed E-state index contributed by atoms with van der Waals surface area (Å²) < 4.78 is 27.1. The minimum absolute atomic E-state index is 0.136. The molecule has 1 saturated heterocycles. The van der Waals surface area contributed by atoms with E-state index in [2.05, 4.69) is 5.32 Å². The molecule has 1 aromatic heterocycles. The molecule has 1 aliphatic carbocycles. The summed E-state index contributed by atoms with van der Waals surface area (Å²) in [5.41, 5.74) is 0. The summed E-state index contributed by atoms with van der Waals surface area (Å²) in [6.45, 7) is 4.15. The molecule has 1 amide bonds. The van der Waals surface area contributed by atoms with Crippen molar-refractivity contribution in [3.05, 3.63) is 15.8 Å². The fraction of sp³-hybridized carbons (Fsp3) is 0.643. The zero-order chi connectivity index (χ0) is 15.2. The predicted octanol–water partition coefficient (Wildman–Crippen LogP) is 1.80. The first-order valence-corrected chi connectivity index (χ1v) is 9.54. The van der Waals surface area contributed by atoms with E-state index in [0.29, 0.717) is 17.9 Å². The molecule has 1 saturated carbocycles. The minimum Gasteiger partial charge on any atom is -0.352 e. The summed E-state index contributed by atoms with van der Waals surface area (Å²) in [6, 6.07) is 1.42. The third-order valence-electron chi connectivity index (χ3n) is 4.01. The Morgan fingerprint density at radius 1 is 1.33 bits per heavy atom. The Morgan fingerprint density at radius 2 is 2.05 bits per heavy atom.